The summed E-state index contributed by atoms with van der Waals surface area (Å²) in [5.41, 5.74) is 0. The molecule has 0 saturated heterocycles. The fourth-order valence-corrected chi connectivity index (χ4v) is 1.76. The Bertz CT molecular complexity index is 176. The van der Waals surface area contributed by atoms with Gasteiger partial charge in [-0.3, -0.25) is 9.13 Å². The van der Waals surface area contributed by atoms with Gasteiger partial charge < -0.3 is 25.0 Å². The van der Waals surface area contributed by atoms with E-state index in [0.717, 1.165) is 6.92 Å². The predicted molar refractivity (Wildman–Crippen MR) is 37.2 cm³/mol. The molecule has 0 rings (SSSR count). The summed E-state index contributed by atoms with van der Waals surface area (Å²) in [4.78, 5) is 33.0. The quantitative estimate of drug-likeness (QED) is 0.422. The van der Waals surface area contributed by atoms with Crippen LogP contribution in [0.1, 0.15) is 6.92 Å². The van der Waals surface area contributed by atoms with Gasteiger partial charge in [-0.1, -0.05) is 0 Å². The largest absolute Gasteiger partial charge is 0.412 e. The van der Waals surface area contributed by atoms with Crippen LogP contribution in [-0.2, 0) is 9.13 Å². The minimum Gasteiger partial charge on any atom is -0.412 e. The molecule has 0 radical (unpaired) electrons. The van der Waals surface area contributed by atoms with Crippen LogP contribution in [0.3, 0.4) is 0 Å². The van der Waals surface area contributed by atoms with Crippen LogP contribution < -0.4 is 0 Å². The first kappa shape index (κ1) is 13.8. The van der Waals surface area contributed by atoms with Crippen molar-refractivity contribution in [3.8, 4) is 0 Å². The maximum Gasteiger partial charge on any atom is 0.340 e. The van der Waals surface area contributed by atoms with Gasteiger partial charge in [-0.15, -0.1) is 0 Å². The van der Waals surface area contributed by atoms with Crippen molar-refractivity contribution >= 4 is 15.2 Å². The van der Waals surface area contributed by atoms with E-state index in [9.17, 15) is 9.13 Å². The predicted octanol–water partition coefficient (Wildman–Crippen LogP) is -1.14. The average molecular weight is 208 g/mol. The fourth-order valence-electron chi connectivity index (χ4n) is 0.196. The van der Waals surface area contributed by atoms with Crippen LogP contribution >= 0.6 is 15.2 Å². The van der Waals surface area contributed by atoms with Crippen LogP contribution in [0.5, 0.6) is 0 Å². The van der Waals surface area contributed by atoms with E-state index in [-0.39, 0.29) is 5.48 Å². The molecule has 0 aromatic carbocycles. The summed E-state index contributed by atoms with van der Waals surface area (Å²) in [5, 5.41) is -1.90. The van der Waals surface area contributed by atoms with Gasteiger partial charge in [-0.2, -0.15) is 0 Å². The van der Waals surface area contributed by atoms with E-state index in [1.165, 1.54) is 0 Å². The van der Waals surface area contributed by atoms with Crippen molar-refractivity contribution in [1.29, 1.82) is 0 Å². The van der Waals surface area contributed by atoms with Gasteiger partial charge in [0.25, 0.3) is 0 Å². The van der Waals surface area contributed by atoms with Crippen molar-refractivity contribution in [3.05, 3.63) is 0 Å². The van der Waals surface area contributed by atoms with Crippen LogP contribution in [0.4, 0.5) is 0 Å². The lowest BCUT2D eigenvalue weighted by Crippen LogP contribution is -2.02. The molecule has 0 fully saturated rings. The molecule has 0 spiro atoms. The smallest absolute Gasteiger partial charge is 0.340 e. The molecule has 0 unspecified atom stereocenters. The van der Waals surface area contributed by atoms with Gasteiger partial charge in [0, 0.05) is 0 Å². The van der Waals surface area contributed by atoms with Crippen molar-refractivity contribution in [3.63, 3.8) is 0 Å². The molecule has 9 heteroatoms. The zero-order valence-corrected chi connectivity index (χ0v) is 7.37. The summed E-state index contributed by atoms with van der Waals surface area (Å²) in [6.07, 6.45) is 0. The van der Waals surface area contributed by atoms with Crippen LogP contribution in [0.25, 0.3) is 0 Å². The van der Waals surface area contributed by atoms with Crippen molar-refractivity contribution < 1.29 is 34.2 Å². The Morgan fingerprint density at radius 2 is 1.18 bits per heavy atom. The molecule has 0 aromatic rings. The maximum absolute atomic E-state index is 10.2. The van der Waals surface area contributed by atoms with Gasteiger partial charge >= 0.3 is 15.2 Å². The van der Waals surface area contributed by atoms with Gasteiger partial charge in [0.05, 0.1) is 0 Å². The topological polar surface area (TPSA) is 147 Å². The van der Waals surface area contributed by atoms with Crippen LogP contribution in [0.2, 0.25) is 0 Å². The molecule has 6 N–H and O–H groups in total. The SMILES string of the molecule is CC(P(=O)(O)O)P(=O)(O)O.O. The Labute approximate surface area is 62.7 Å². The van der Waals surface area contributed by atoms with E-state index >= 15 is 0 Å². The Morgan fingerprint density at radius 3 is 1.18 bits per heavy atom. The Morgan fingerprint density at radius 1 is 1.00 bits per heavy atom. The van der Waals surface area contributed by atoms with Crippen molar-refractivity contribution in [1.82, 2.24) is 0 Å². The first-order valence-electron chi connectivity index (χ1n) is 2.26. The fraction of sp³-hybridized carbons (Fsp3) is 1.00. The minimum atomic E-state index is -4.64. The molecule has 7 nitrogen and oxygen atoms in total. The highest BCUT2D eigenvalue weighted by molar-refractivity contribution is 7.70. The molecule has 0 bridgehead atoms. The monoisotopic (exact) mass is 208 g/mol. The first-order chi connectivity index (χ1) is 4.15. The van der Waals surface area contributed by atoms with E-state index in [2.05, 4.69) is 0 Å². The lowest BCUT2D eigenvalue weighted by Gasteiger charge is -2.13. The summed E-state index contributed by atoms with van der Waals surface area (Å²) in [6.45, 7) is 0.807. The van der Waals surface area contributed by atoms with E-state index in [4.69, 9.17) is 19.6 Å². The Hall–Kier alpha value is 0.260. The second kappa shape index (κ2) is 3.78. The molecule has 70 valence electrons. The van der Waals surface area contributed by atoms with E-state index in [1.807, 2.05) is 0 Å². The van der Waals surface area contributed by atoms with E-state index < -0.39 is 20.6 Å². The summed E-state index contributed by atoms with van der Waals surface area (Å²) < 4.78 is 20.4. The molecule has 0 saturated carbocycles. The van der Waals surface area contributed by atoms with Crippen LogP contribution in [0.15, 0.2) is 0 Å². The third-order valence-corrected chi connectivity index (χ3v) is 4.73. The molecule has 0 aliphatic rings. The second-order valence-corrected chi connectivity index (χ2v) is 6.12. The van der Waals surface area contributed by atoms with Gasteiger partial charge in [0.15, 0.2) is 5.40 Å². The van der Waals surface area contributed by atoms with Crippen LogP contribution in [0, 0.1) is 0 Å². The lowest BCUT2D eigenvalue weighted by molar-refractivity contribution is 0.342. The molecule has 0 aromatic heterocycles. The summed E-state index contributed by atoms with van der Waals surface area (Å²) >= 11 is 0. The van der Waals surface area contributed by atoms with Gasteiger partial charge in [0.1, 0.15) is 0 Å². The number of rotatable bonds is 2. The molecule has 0 aliphatic heterocycles. The third-order valence-electron chi connectivity index (χ3n) is 0.974. The molecule has 0 atom stereocenters. The first-order valence-corrected chi connectivity index (χ1v) is 5.62. The third kappa shape index (κ3) is 4.66. The summed E-state index contributed by atoms with van der Waals surface area (Å²) in [7, 11) is -9.28. The lowest BCUT2D eigenvalue weighted by atomic mass is 11.0. The van der Waals surface area contributed by atoms with E-state index in [1.54, 1.807) is 0 Å². The Balaban J connectivity index is 0. The van der Waals surface area contributed by atoms with Crippen molar-refractivity contribution in [2.24, 2.45) is 0 Å². The van der Waals surface area contributed by atoms with Gasteiger partial charge in [-0.05, 0) is 6.92 Å². The zero-order valence-electron chi connectivity index (χ0n) is 5.58. The Kier molecular flexibility index (Phi) is 4.75. The standard InChI is InChI=1S/C2H8O6P2.H2O/c1-2(9(3,4)5)10(6,7)8;/h2H,1H3,(H2,3,4,5)(H2,6,7,8);1H2. The summed E-state index contributed by atoms with van der Waals surface area (Å²) in [5.74, 6) is 0. The normalized spacial score (nSPS) is 12.9. The molecule has 11 heavy (non-hydrogen) atoms. The minimum absolute atomic E-state index is 0. The average Bonchev–Trinajstić information content (AvgIpc) is 1.59. The van der Waals surface area contributed by atoms with Crippen LogP contribution in [-0.4, -0.2) is 30.4 Å². The highest BCUT2D eigenvalue weighted by Gasteiger charge is 2.38. The maximum atomic E-state index is 10.2. The molecule has 0 aliphatic carbocycles. The van der Waals surface area contributed by atoms with Crippen molar-refractivity contribution in [2.75, 3.05) is 0 Å². The van der Waals surface area contributed by atoms with Gasteiger partial charge in [-0.25, -0.2) is 0 Å². The number of hydrogen-bond acceptors (Lipinski definition) is 2. The van der Waals surface area contributed by atoms with Crippen molar-refractivity contribution in [2.45, 2.75) is 12.3 Å². The summed E-state index contributed by atoms with van der Waals surface area (Å²) in [6, 6.07) is 0. The molecule has 0 amide bonds. The van der Waals surface area contributed by atoms with E-state index in [0.29, 0.717) is 0 Å². The molecular formula is C2H10O7P2. The highest BCUT2D eigenvalue weighted by atomic mass is 31.2. The highest BCUT2D eigenvalue weighted by Crippen LogP contribution is 2.59. The molecule has 0 heterocycles. The molecular weight excluding hydrogens is 198 g/mol. The number of hydrogen-bond donors (Lipinski definition) is 4. The second-order valence-electron chi connectivity index (χ2n) is 1.81. The zero-order chi connectivity index (χ0) is 8.58. The van der Waals surface area contributed by atoms with Gasteiger partial charge in [0.2, 0.25) is 0 Å².